The summed E-state index contributed by atoms with van der Waals surface area (Å²) in [6.45, 7) is -0.0348. The highest BCUT2D eigenvalue weighted by atomic mass is 16.3. The van der Waals surface area contributed by atoms with Gasteiger partial charge in [-0.25, -0.2) is 0 Å². The highest BCUT2D eigenvalue weighted by Gasteiger charge is 2.51. The molecular formula is C22H19NO4. The average Bonchev–Trinajstić information content (AvgIpc) is 2.93. The third-order valence-corrected chi connectivity index (χ3v) is 5.09. The monoisotopic (exact) mass is 361 g/mol. The number of phenols is 2. The Morgan fingerprint density at radius 2 is 1.30 bits per heavy atom. The van der Waals surface area contributed by atoms with Crippen LogP contribution in [0, 0.1) is 0 Å². The zero-order valence-corrected chi connectivity index (χ0v) is 14.5. The van der Waals surface area contributed by atoms with Crippen molar-refractivity contribution in [2.45, 2.75) is 5.54 Å². The first-order chi connectivity index (χ1) is 13.1. The largest absolute Gasteiger partial charge is 0.508 e. The van der Waals surface area contributed by atoms with E-state index in [9.17, 15) is 20.1 Å². The minimum absolute atomic E-state index is 0.130. The molecule has 3 N–H and O–H groups in total. The fourth-order valence-electron chi connectivity index (χ4n) is 3.99. The maximum Gasteiger partial charge on any atom is 0.255 e. The van der Waals surface area contributed by atoms with E-state index in [1.165, 1.54) is 0 Å². The van der Waals surface area contributed by atoms with Crippen molar-refractivity contribution < 1.29 is 20.1 Å². The lowest BCUT2D eigenvalue weighted by Crippen LogP contribution is -2.47. The number of hydrogen-bond donors (Lipinski definition) is 3. The van der Waals surface area contributed by atoms with Crippen LogP contribution >= 0.6 is 0 Å². The molecule has 0 fully saturated rings. The molecule has 5 nitrogen and oxygen atoms in total. The van der Waals surface area contributed by atoms with Crippen molar-refractivity contribution in [1.29, 1.82) is 0 Å². The Bertz CT molecular complexity index is 934. The summed E-state index contributed by atoms with van der Waals surface area (Å²) in [6.07, 6.45) is 0. The van der Waals surface area contributed by atoms with E-state index in [4.69, 9.17) is 0 Å². The van der Waals surface area contributed by atoms with Gasteiger partial charge in [0, 0.05) is 12.1 Å². The molecule has 1 amide bonds. The highest BCUT2D eigenvalue weighted by Crippen LogP contribution is 2.49. The van der Waals surface area contributed by atoms with Gasteiger partial charge in [-0.15, -0.1) is 0 Å². The zero-order chi connectivity index (χ0) is 19.0. The predicted molar refractivity (Wildman–Crippen MR) is 101 cm³/mol. The van der Waals surface area contributed by atoms with Gasteiger partial charge in [0.25, 0.3) is 5.91 Å². The molecule has 0 radical (unpaired) electrons. The first-order valence-corrected chi connectivity index (χ1v) is 8.70. The Hall–Kier alpha value is -3.31. The van der Waals surface area contributed by atoms with Crippen molar-refractivity contribution in [3.05, 3.63) is 95.1 Å². The molecule has 1 heterocycles. The number of aliphatic hydroxyl groups is 1. The molecule has 4 rings (SSSR count). The number of hydrogen-bond acceptors (Lipinski definition) is 4. The van der Waals surface area contributed by atoms with E-state index < -0.39 is 5.54 Å². The van der Waals surface area contributed by atoms with Crippen molar-refractivity contribution in [3.8, 4) is 11.5 Å². The Morgan fingerprint density at radius 3 is 1.81 bits per heavy atom. The molecule has 0 saturated carbocycles. The summed E-state index contributed by atoms with van der Waals surface area (Å²) >= 11 is 0. The SMILES string of the molecule is O=C1c2ccccc2C(c2ccc(O)cc2)(c2ccc(O)cc2)N1CCO. The summed E-state index contributed by atoms with van der Waals surface area (Å²) < 4.78 is 0. The molecule has 27 heavy (non-hydrogen) atoms. The molecule has 0 unspecified atom stereocenters. The normalized spacial score (nSPS) is 15.0. The van der Waals surface area contributed by atoms with Crippen molar-refractivity contribution in [2.24, 2.45) is 0 Å². The van der Waals surface area contributed by atoms with Crippen LogP contribution in [0.25, 0.3) is 0 Å². The molecule has 0 aromatic heterocycles. The number of carbonyl (C=O) groups excluding carboxylic acids is 1. The van der Waals surface area contributed by atoms with E-state index in [-0.39, 0.29) is 30.6 Å². The number of nitrogens with zero attached hydrogens (tertiary/aromatic N) is 1. The maximum absolute atomic E-state index is 13.2. The van der Waals surface area contributed by atoms with E-state index in [2.05, 4.69) is 0 Å². The molecule has 3 aromatic rings. The van der Waals surface area contributed by atoms with Gasteiger partial charge in [0.1, 0.15) is 17.0 Å². The van der Waals surface area contributed by atoms with Crippen LogP contribution in [0.2, 0.25) is 0 Å². The number of rotatable bonds is 4. The van der Waals surface area contributed by atoms with Crippen molar-refractivity contribution in [3.63, 3.8) is 0 Å². The molecule has 0 atom stereocenters. The Kier molecular flexibility index (Phi) is 4.09. The van der Waals surface area contributed by atoms with Crippen molar-refractivity contribution in [1.82, 2.24) is 4.90 Å². The Labute approximate surface area is 156 Å². The van der Waals surface area contributed by atoms with Gasteiger partial charge in [0.05, 0.1) is 6.61 Å². The highest BCUT2D eigenvalue weighted by molar-refractivity contribution is 6.01. The minimum Gasteiger partial charge on any atom is -0.508 e. The number of aliphatic hydroxyl groups excluding tert-OH is 1. The van der Waals surface area contributed by atoms with Crippen LogP contribution in [0.1, 0.15) is 27.0 Å². The zero-order valence-electron chi connectivity index (χ0n) is 14.5. The van der Waals surface area contributed by atoms with E-state index in [0.717, 1.165) is 16.7 Å². The first-order valence-electron chi connectivity index (χ1n) is 8.70. The summed E-state index contributed by atoms with van der Waals surface area (Å²) in [5, 5.41) is 29.2. The topological polar surface area (TPSA) is 81.0 Å². The minimum atomic E-state index is -0.961. The second-order valence-corrected chi connectivity index (χ2v) is 6.53. The van der Waals surface area contributed by atoms with Gasteiger partial charge in [-0.05, 0) is 47.0 Å². The van der Waals surface area contributed by atoms with Gasteiger partial charge in [-0.3, -0.25) is 4.79 Å². The van der Waals surface area contributed by atoms with Crippen LogP contribution in [0.4, 0.5) is 0 Å². The number of β-amino-alcohol motifs (C(OH)–C–C–N with tert-alkyl or cyclic N) is 1. The van der Waals surface area contributed by atoms with Gasteiger partial charge in [0.15, 0.2) is 0 Å². The number of carbonyl (C=O) groups is 1. The Morgan fingerprint density at radius 1 is 0.778 bits per heavy atom. The van der Waals surface area contributed by atoms with E-state index in [0.29, 0.717) is 5.56 Å². The summed E-state index contributed by atoms with van der Waals surface area (Å²) in [4.78, 5) is 14.8. The smallest absolute Gasteiger partial charge is 0.255 e. The summed E-state index contributed by atoms with van der Waals surface area (Å²) in [6, 6.07) is 20.8. The van der Waals surface area contributed by atoms with Gasteiger partial charge >= 0.3 is 0 Å². The van der Waals surface area contributed by atoms with Crippen LogP contribution < -0.4 is 0 Å². The lowest BCUT2D eigenvalue weighted by Gasteiger charge is -2.40. The molecule has 0 aliphatic carbocycles. The van der Waals surface area contributed by atoms with Crippen LogP contribution in [-0.4, -0.2) is 39.3 Å². The predicted octanol–water partition coefficient (Wildman–Crippen LogP) is 2.84. The molecule has 136 valence electrons. The molecule has 5 heteroatoms. The fourth-order valence-corrected chi connectivity index (χ4v) is 3.99. The molecule has 1 aliphatic heterocycles. The third kappa shape index (κ3) is 2.47. The molecule has 0 bridgehead atoms. The maximum atomic E-state index is 13.2. The summed E-state index contributed by atoms with van der Waals surface area (Å²) in [5.74, 6) is 0.0950. The van der Waals surface area contributed by atoms with Crippen LogP contribution in [0.5, 0.6) is 11.5 Å². The summed E-state index contributed by atoms with van der Waals surface area (Å²) in [5.41, 5.74) is 2.00. The van der Waals surface area contributed by atoms with E-state index in [1.807, 2.05) is 18.2 Å². The van der Waals surface area contributed by atoms with Gasteiger partial charge in [-0.2, -0.15) is 0 Å². The van der Waals surface area contributed by atoms with E-state index in [1.54, 1.807) is 59.5 Å². The molecule has 0 saturated heterocycles. The lowest BCUT2D eigenvalue weighted by molar-refractivity contribution is 0.0628. The van der Waals surface area contributed by atoms with Crippen LogP contribution in [0.15, 0.2) is 72.8 Å². The lowest BCUT2D eigenvalue weighted by atomic mass is 9.77. The standard InChI is InChI=1S/C22H19NO4/c24-14-13-23-21(27)19-3-1-2-4-20(19)22(23,15-5-9-17(25)10-6-15)16-7-11-18(26)12-8-16/h1-12,24-26H,13-14H2. The third-order valence-electron chi connectivity index (χ3n) is 5.09. The number of benzene rings is 3. The van der Waals surface area contributed by atoms with Crippen molar-refractivity contribution in [2.75, 3.05) is 13.2 Å². The molecule has 1 aliphatic rings. The van der Waals surface area contributed by atoms with Gasteiger partial charge < -0.3 is 20.2 Å². The van der Waals surface area contributed by atoms with Crippen LogP contribution in [-0.2, 0) is 5.54 Å². The molecular weight excluding hydrogens is 342 g/mol. The second kappa shape index (κ2) is 6.45. The molecule has 0 spiro atoms. The van der Waals surface area contributed by atoms with E-state index >= 15 is 0 Å². The average molecular weight is 361 g/mol. The van der Waals surface area contributed by atoms with Gasteiger partial charge in [-0.1, -0.05) is 42.5 Å². The molecule has 3 aromatic carbocycles. The number of aromatic hydroxyl groups is 2. The fraction of sp³-hybridized carbons (Fsp3) is 0.136. The number of amides is 1. The Balaban J connectivity index is 2.08. The quantitative estimate of drug-likeness (QED) is 0.667. The van der Waals surface area contributed by atoms with Crippen LogP contribution in [0.3, 0.4) is 0 Å². The second-order valence-electron chi connectivity index (χ2n) is 6.53. The van der Waals surface area contributed by atoms with Gasteiger partial charge in [0.2, 0.25) is 0 Å². The number of fused-ring (bicyclic) bond motifs is 1. The number of phenolic OH excluding ortho intramolecular Hbond substituents is 2. The summed E-state index contributed by atoms with van der Waals surface area (Å²) in [7, 11) is 0. The van der Waals surface area contributed by atoms with Crippen molar-refractivity contribution >= 4 is 5.91 Å². The first kappa shape index (κ1) is 17.1.